The second kappa shape index (κ2) is 3.84. The summed E-state index contributed by atoms with van der Waals surface area (Å²) < 4.78 is 1.87. The number of pyridine rings is 1. The molecule has 0 aliphatic heterocycles. The zero-order valence-corrected chi connectivity index (χ0v) is 10.4. The predicted molar refractivity (Wildman–Crippen MR) is 72.3 cm³/mol. The van der Waals surface area contributed by atoms with Crippen LogP contribution in [0.5, 0.6) is 0 Å². The molecule has 0 radical (unpaired) electrons. The molecule has 0 aliphatic carbocycles. The van der Waals surface area contributed by atoms with Crippen LogP contribution in [-0.2, 0) is 0 Å². The number of nitrogens with two attached hydrogens (primary N) is 1. The highest BCUT2D eigenvalue weighted by Crippen LogP contribution is 2.23. The van der Waals surface area contributed by atoms with Gasteiger partial charge in [-0.25, -0.2) is 0 Å². The lowest BCUT2D eigenvalue weighted by Gasteiger charge is -2.05. The highest BCUT2D eigenvalue weighted by molar-refractivity contribution is 5.64. The van der Waals surface area contributed by atoms with Crippen molar-refractivity contribution in [3.05, 3.63) is 47.5 Å². The summed E-state index contributed by atoms with van der Waals surface area (Å²) in [5.74, 6) is 1.43. The molecule has 18 heavy (non-hydrogen) atoms. The number of hydrogen-bond donors (Lipinski definition) is 1. The fourth-order valence-electron chi connectivity index (χ4n) is 2.03. The molecular formula is C14H14N4. The summed E-state index contributed by atoms with van der Waals surface area (Å²) in [7, 11) is 0. The van der Waals surface area contributed by atoms with Crippen LogP contribution < -0.4 is 5.73 Å². The van der Waals surface area contributed by atoms with Crippen LogP contribution in [0.4, 0.5) is 5.82 Å². The zero-order valence-electron chi connectivity index (χ0n) is 10.4. The third kappa shape index (κ3) is 1.54. The van der Waals surface area contributed by atoms with Gasteiger partial charge in [-0.3, -0.25) is 4.40 Å². The van der Waals surface area contributed by atoms with Gasteiger partial charge in [0, 0.05) is 5.56 Å². The van der Waals surface area contributed by atoms with Crippen LogP contribution in [0.15, 0.2) is 36.4 Å². The van der Waals surface area contributed by atoms with Crippen molar-refractivity contribution in [2.24, 2.45) is 0 Å². The van der Waals surface area contributed by atoms with Crippen molar-refractivity contribution in [3.8, 4) is 11.4 Å². The number of benzene rings is 1. The number of fused-ring (bicyclic) bond motifs is 1. The van der Waals surface area contributed by atoms with Crippen molar-refractivity contribution >= 4 is 11.5 Å². The lowest BCUT2D eigenvalue weighted by molar-refractivity contribution is 1.11. The molecule has 0 aliphatic rings. The lowest BCUT2D eigenvalue weighted by atomic mass is 10.1. The smallest absolute Gasteiger partial charge is 0.169 e. The fraction of sp³-hybridized carbons (Fsp3) is 0.143. The topological polar surface area (TPSA) is 56.2 Å². The van der Waals surface area contributed by atoms with Gasteiger partial charge in [-0.15, -0.1) is 10.2 Å². The summed E-state index contributed by atoms with van der Waals surface area (Å²) >= 11 is 0. The summed E-state index contributed by atoms with van der Waals surface area (Å²) in [5, 5.41) is 8.37. The second-order valence-corrected chi connectivity index (χ2v) is 4.47. The molecule has 0 unspecified atom stereocenters. The van der Waals surface area contributed by atoms with E-state index in [1.165, 1.54) is 11.1 Å². The van der Waals surface area contributed by atoms with E-state index in [4.69, 9.17) is 5.73 Å². The summed E-state index contributed by atoms with van der Waals surface area (Å²) in [4.78, 5) is 0. The van der Waals surface area contributed by atoms with Gasteiger partial charge >= 0.3 is 0 Å². The Morgan fingerprint density at radius 2 is 1.83 bits per heavy atom. The molecule has 3 rings (SSSR count). The third-order valence-corrected chi connectivity index (χ3v) is 3.22. The molecule has 0 atom stereocenters. The molecule has 1 aromatic carbocycles. The van der Waals surface area contributed by atoms with E-state index in [1.54, 1.807) is 0 Å². The Balaban J connectivity index is 2.28. The van der Waals surface area contributed by atoms with Crippen molar-refractivity contribution in [1.82, 2.24) is 14.6 Å². The van der Waals surface area contributed by atoms with Crippen molar-refractivity contribution in [1.29, 1.82) is 0 Å². The lowest BCUT2D eigenvalue weighted by Crippen LogP contribution is -1.98. The Morgan fingerprint density at radius 1 is 1.00 bits per heavy atom. The minimum absolute atomic E-state index is 0.644. The van der Waals surface area contributed by atoms with Crippen molar-refractivity contribution < 1.29 is 0 Å². The molecule has 2 aromatic heterocycles. The van der Waals surface area contributed by atoms with Crippen LogP contribution >= 0.6 is 0 Å². The molecule has 0 amide bonds. The van der Waals surface area contributed by atoms with E-state index in [2.05, 4.69) is 36.2 Å². The number of nitrogens with zero attached hydrogens (tertiary/aromatic N) is 3. The molecule has 0 saturated carbocycles. The largest absolute Gasteiger partial charge is 0.385 e. The van der Waals surface area contributed by atoms with Crippen molar-refractivity contribution in [2.45, 2.75) is 13.8 Å². The number of hydrogen-bond acceptors (Lipinski definition) is 3. The zero-order chi connectivity index (χ0) is 12.7. The van der Waals surface area contributed by atoms with Crippen LogP contribution in [0.3, 0.4) is 0 Å². The molecule has 90 valence electrons. The van der Waals surface area contributed by atoms with E-state index < -0.39 is 0 Å². The monoisotopic (exact) mass is 238 g/mol. The van der Waals surface area contributed by atoms with Gasteiger partial charge in [-0.2, -0.15) is 0 Å². The summed E-state index contributed by atoms with van der Waals surface area (Å²) in [6.45, 7) is 4.18. The maximum absolute atomic E-state index is 5.99. The first-order valence-corrected chi connectivity index (χ1v) is 5.84. The molecule has 0 saturated heterocycles. The number of anilines is 1. The third-order valence-electron chi connectivity index (χ3n) is 3.22. The Morgan fingerprint density at radius 3 is 2.61 bits per heavy atom. The highest BCUT2D eigenvalue weighted by atomic mass is 15.3. The maximum Gasteiger partial charge on any atom is 0.169 e. The standard InChI is InChI=1S/C14H14N4/c1-9-6-7-11(8-10(9)2)14-17-16-13-5-3-4-12(15)18(13)14/h3-8H,15H2,1-2H3. The van der Waals surface area contributed by atoms with Gasteiger partial charge in [0.25, 0.3) is 0 Å². The van der Waals surface area contributed by atoms with E-state index in [-0.39, 0.29) is 0 Å². The van der Waals surface area contributed by atoms with Crippen LogP contribution in [-0.4, -0.2) is 14.6 Å². The Kier molecular flexibility index (Phi) is 2.30. The van der Waals surface area contributed by atoms with E-state index in [1.807, 2.05) is 28.7 Å². The molecule has 4 nitrogen and oxygen atoms in total. The number of rotatable bonds is 1. The average molecular weight is 238 g/mol. The van der Waals surface area contributed by atoms with Crippen LogP contribution in [0.1, 0.15) is 11.1 Å². The molecule has 2 heterocycles. The number of nitrogen functional groups attached to an aromatic ring is 1. The van der Waals surface area contributed by atoms with Gasteiger partial charge in [0.1, 0.15) is 5.82 Å². The Labute approximate surface area is 105 Å². The maximum atomic E-state index is 5.99. The average Bonchev–Trinajstić information content (AvgIpc) is 2.78. The quantitative estimate of drug-likeness (QED) is 0.709. The predicted octanol–water partition coefficient (Wildman–Crippen LogP) is 2.60. The van der Waals surface area contributed by atoms with E-state index in [0.29, 0.717) is 5.82 Å². The Hall–Kier alpha value is -2.36. The van der Waals surface area contributed by atoms with E-state index in [9.17, 15) is 0 Å². The fourth-order valence-corrected chi connectivity index (χ4v) is 2.03. The summed E-state index contributed by atoms with van der Waals surface area (Å²) in [6.07, 6.45) is 0. The first-order valence-electron chi connectivity index (χ1n) is 5.84. The van der Waals surface area contributed by atoms with Crippen LogP contribution in [0, 0.1) is 13.8 Å². The molecule has 2 N–H and O–H groups in total. The summed E-state index contributed by atoms with van der Waals surface area (Å²) in [6, 6.07) is 11.9. The Bertz CT molecular complexity index is 728. The molecule has 3 aromatic rings. The molecule has 0 spiro atoms. The molecule has 0 bridgehead atoms. The molecule has 0 fully saturated rings. The van der Waals surface area contributed by atoms with Gasteiger partial charge in [0.2, 0.25) is 0 Å². The number of aryl methyl sites for hydroxylation is 2. The minimum Gasteiger partial charge on any atom is -0.385 e. The van der Waals surface area contributed by atoms with Gasteiger partial charge < -0.3 is 5.73 Å². The minimum atomic E-state index is 0.644. The van der Waals surface area contributed by atoms with E-state index >= 15 is 0 Å². The summed E-state index contributed by atoms with van der Waals surface area (Å²) in [5.41, 5.74) is 10.3. The SMILES string of the molecule is Cc1ccc(-c2nnc3cccc(N)n23)cc1C. The molecular weight excluding hydrogens is 224 g/mol. The first kappa shape index (κ1) is 10.8. The van der Waals surface area contributed by atoms with E-state index in [0.717, 1.165) is 17.0 Å². The van der Waals surface area contributed by atoms with Gasteiger partial charge in [0.15, 0.2) is 11.5 Å². The van der Waals surface area contributed by atoms with Crippen molar-refractivity contribution in [3.63, 3.8) is 0 Å². The van der Waals surface area contributed by atoms with Crippen LogP contribution in [0.25, 0.3) is 17.0 Å². The van der Waals surface area contributed by atoms with Gasteiger partial charge in [-0.1, -0.05) is 18.2 Å². The van der Waals surface area contributed by atoms with Gasteiger partial charge in [-0.05, 0) is 43.2 Å². The second-order valence-electron chi connectivity index (χ2n) is 4.47. The van der Waals surface area contributed by atoms with Gasteiger partial charge in [0.05, 0.1) is 0 Å². The first-order chi connectivity index (χ1) is 8.66. The van der Waals surface area contributed by atoms with Crippen LogP contribution in [0.2, 0.25) is 0 Å². The normalized spacial score (nSPS) is 11.0. The number of aromatic nitrogens is 3. The highest BCUT2D eigenvalue weighted by Gasteiger charge is 2.10. The molecule has 4 heteroatoms. The van der Waals surface area contributed by atoms with Crippen molar-refractivity contribution in [2.75, 3.05) is 5.73 Å².